The summed E-state index contributed by atoms with van der Waals surface area (Å²) in [5.41, 5.74) is 0. The average Bonchev–Trinajstić information content (AvgIpc) is 2.35. The van der Waals surface area contributed by atoms with E-state index in [4.69, 9.17) is 0 Å². The van der Waals surface area contributed by atoms with Crippen molar-refractivity contribution in [2.45, 2.75) is 96.8 Å². The van der Waals surface area contributed by atoms with Crippen LogP contribution in [-0.4, -0.2) is 0 Å². The summed E-state index contributed by atoms with van der Waals surface area (Å²) < 4.78 is 0. The molecule has 0 aliphatic carbocycles. The molecule has 0 atom stereocenters. The van der Waals surface area contributed by atoms with Crippen molar-refractivity contribution < 1.29 is 0 Å². The number of unbranched alkanes of at least 4 members (excludes halogenated alkanes) is 14. The summed E-state index contributed by atoms with van der Waals surface area (Å²) in [4.78, 5) is 0. The minimum atomic E-state index is 1.12. The van der Waals surface area contributed by atoms with E-state index in [1.807, 2.05) is 0 Å². The van der Waals surface area contributed by atoms with Crippen LogP contribution in [0.15, 0.2) is 0 Å². The molecule has 102 valence electrons. The summed E-state index contributed by atoms with van der Waals surface area (Å²) in [6.07, 6.45) is 21.8. The average molecular weight is 238 g/mol. The predicted octanol–water partition coefficient (Wildman–Crippen LogP) is 6.51. The Labute approximate surface area is 111 Å². The van der Waals surface area contributed by atoms with Crippen molar-refractivity contribution >= 4 is 0 Å². The van der Waals surface area contributed by atoms with E-state index in [2.05, 4.69) is 20.3 Å². The quantitative estimate of drug-likeness (QED) is 0.303. The van der Waals surface area contributed by atoms with Gasteiger partial charge in [-0.05, 0) is 6.42 Å². The fraction of sp³-hybridized carbons (Fsp3) is 0.882. The molecule has 0 heteroatoms. The normalized spacial score (nSPS) is 10.9. The van der Waals surface area contributed by atoms with Crippen LogP contribution in [0.4, 0.5) is 0 Å². The van der Waals surface area contributed by atoms with Crippen molar-refractivity contribution in [3.8, 4) is 0 Å². The Bertz CT molecular complexity index is 103. The van der Waals surface area contributed by atoms with Gasteiger partial charge in [0.1, 0.15) is 0 Å². The summed E-state index contributed by atoms with van der Waals surface area (Å²) in [7, 11) is 0. The van der Waals surface area contributed by atoms with Crippen LogP contribution in [0.3, 0.4) is 0 Å². The molecular formula is C17H34. The third kappa shape index (κ3) is 16.0. The third-order valence-corrected chi connectivity index (χ3v) is 3.42. The summed E-state index contributed by atoms with van der Waals surface area (Å²) >= 11 is 0. The standard InChI is InChI=1S/C17H34/c1-3-5-7-9-11-13-15-17-16-14-12-10-8-6-4-2/h14H,1,3-13,15-17H2,2H3. The zero-order chi connectivity index (χ0) is 12.6. The van der Waals surface area contributed by atoms with Gasteiger partial charge < -0.3 is 0 Å². The molecule has 17 heavy (non-hydrogen) atoms. The highest BCUT2D eigenvalue weighted by Crippen LogP contribution is 2.12. The highest BCUT2D eigenvalue weighted by atomic mass is 14.0. The summed E-state index contributed by atoms with van der Waals surface area (Å²) in [6, 6.07) is 0. The molecule has 0 saturated heterocycles. The van der Waals surface area contributed by atoms with Crippen LogP contribution < -0.4 is 0 Å². The zero-order valence-electron chi connectivity index (χ0n) is 12.2. The smallest absolute Gasteiger partial charge is 0.0386 e. The van der Waals surface area contributed by atoms with E-state index in [1.54, 1.807) is 0 Å². The Kier molecular flexibility index (Phi) is 16.0. The topological polar surface area (TPSA) is 0 Å². The second-order valence-electron chi connectivity index (χ2n) is 5.26. The molecule has 0 rings (SSSR count). The van der Waals surface area contributed by atoms with Gasteiger partial charge in [0.15, 0.2) is 0 Å². The van der Waals surface area contributed by atoms with Gasteiger partial charge in [-0.1, -0.05) is 104 Å². The fourth-order valence-electron chi connectivity index (χ4n) is 2.21. The lowest BCUT2D eigenvalue weighted by Gasteiger charge is -2.02. The summed E-state index contributed by atoms with van der Waals surface area (Å²) in [5, 5.41) is 0. The molecule has 0 bridgehead atoms. The monoisotopic (exact) mass is 238 g/mol. The summed E-state index contributed by atoms with van der Waals surface area (Å²) in [6.45, 7) is 6.15. The van der Waals surface area contributed by atoms with Gasteiger partial charge in [-0.15, -0.1) is 0 Å². The van der Waals surface area contributed by atoms with Crippen molar-refractivity contribution in [2.75, 3.05) is 0 Å². The van der Waals surface area contributed by atoms with Crippen LogP contribution in [-0.2, 0) is 0 Å². The van der Waals surface area contributed by atoms with E-state index in [-0.39, 0.29) is 0 Å². The first-order valence-corrected chi connectivity index (χ1v) is 8.02. The van der Waals surface area contributed by atoms with E-state index < -0.39 is 0 Å². The molecule has 0 nitrogen and oxygen atoms in total. The molecule has 0 unspecified atom stereocenters. The highest BCUT2D eigenvalue weighted by Gasteiger charge is 1.93. The third-order valence-electron chi connectivity index (χ3n) is 3.42. The lowest BCUT2D eigenvalue weighted by molar-refractivity contribution is 0.572. The molecule has 0 aromatic carbocycles. The molecular weight excluding hydrogens is 204 g/mol. The molecule has 0 heterocycles. The Balaban J connectivity index is 2.85. The summed E-state index contributed by atoms with van der Waals surface area (Å²) in [5.74, 6) is 0. The van der Waals surface area contributed by atoms with Crippen LogP contribution in [0.2, 0.25) is 0 Å². The van der Waals surface area contributed by atoms with Gasteiger partial charge in [-0.2, -0.15) is 0 Å². The van der Waals surface area contributed by atoms with Crippen LogP contribution in [0.1, 0.15) is 96.8 Å². The first kappa shape index (κ1) is 17.0. The van der Waals surface area contributed by atoms with E-state index in [1.165, 1.54) is 83.5 Å². The van der Waals surface area contributed by atoms with Crippen molar-refractivity contribution in [1.82, 2.24) is 0 Å². The predicted molar refractivity (Wildman–Crippen MR) is 80.0 cm³/mol. The molecule has 2 radical (unpaired) electrons. The molecule has 0 aliphatic rings. The minimum absolute atomic E-state index is 1.12. The molecule has 0 aliphatic heterocycles. The van der Waals surface area contributed by atoms with Crippen LogP contribution >= 0.6 is 0 Å². The second-order valence-corrected chi connectivity index (χ2v) is 5.26. The second kappa shape index (κ2) is 16.0. The minimum Gasteiger partial charge on any atom is -0.0654 e. The van der Waals surface area contributed by atoms with Gasteiger partial charge in [0.2, 0.25) is 0 Å². The van der Waals surface area contributed by atoms with Crippen LogP contribution in [0.25, 0.3) is 0 Å². The van der Waals surface area contributed by atoms with E-state index in [0.29, 0.717) is 0 Å². The zero-order valence-corrected chi connectivity index (χ0v) is 12.2. The highest BCUT2D eigenvalue weighted by molar-refractivity contribution is 4.64. The SMILES string of the molecule is [CH2]CCCCCCCCC[CH]CCCCCC. The Morgan fingerprint density at radius 1 is 0.647 bits per heavy atom. The number of rotatable bonds is 14. The van der Waals surface area contributed by atoms with Crippen LogP contribution in [0, 0.1) is 13.3 Å². The van der Waals surface area contributed by atoms with Crippen molar-refractivity contribution in [3.05, 3.63) is 13.3 Å². The fourth-order valence-corrected chi connectivity index (χ4v) is 2.21. The maximum Gasteiger partial charge on any atom is -0.0386 e. The van der Waals surface area contributed by atoms with Gasteiger partial charge in [0.05, 0.1) is 0 Å². The first-order valence-electron chi connectivity index (χ1n) is 8.02. The maximum absolute atomic E-state index is 3.88. The molecule has 0 aromatic heterocycles. The van der Waals surface area contributed by atoms with Gasteiger partial charge in [0, 0.05) is 0 Å². The molecule has 0 fully saturated rings. The van der Waals surface area contributed by atoms with E-state index in [0.717, 1.165) is 6.42 Å². The van der Waals surface area contributed by atoms with Gasteiger partial charge in [-0.3, -0.25) is 0 Å². The molecule has 0 spiro atoms. The lowest BCUT2D eigenvalue weighted by Crippen LogP contribution is -1.83. The first-order chi connectivity index (χ1) is 8.41. The molecule has 0 amide bonds. The number of hydrogen-bond donors (Lipinski definition) is 0. The molecule has 0 aromatic rings. The van der Waals surface area contributed by atoms with Crippen molar-refractivity contribution in [2.24, 2.45) is 0 Å². The van der Waals surface area contributed by atoms with E-state index >= 15 is 0 Å². The molecule has 0 saturated carbocycles. The molecule has 0 N–H and O–H groups in total. The van der Waals surface area contributed by atoms with Gasteiger partial charge >= 0.3 is 0 Å². The maximum atomic E-state index is 3.88. The lowest BCUT2D eigenvalue weighted by atomic mass is 10.0. The largest absolute Gasteiger partial charge is 0.0654 e. The Hall–Kier alpha value is 0. The van der Waals surface area contributed by atoms with Gasteiger partial charge in [-0.25, -0.2) is 0 Å². The number of hydrogen-bond acceptors (Lipinski definition) is 0. The van der Waals surface area contributed by atoms with Gasteiger partial charge in [0.25, 0.3) is 0 Å². The van der Waals surface area contributed by atoms with Crippen molar-refractivity contribution in [1.29, 1.82) is 0 Å². The van der Waals surface area contributed by atoms with Crippen LogP contribution in [0.5, 0.6) is 0 Å². The Morgan fingerprint density at radius 3 is 1.65 bits per heavy atom. The van der Waals surface area contributed by atoms with E-state index in [9.17, 15) is 0 Å². The van der Waals surface area contributed by atoms with Crippen molar-refractivity contribution in [3.63, 3.8) is 0 Å². The Morgan fingerprint density at radius 2 is 1.12 bits per heavy atom.